The number of methoxy groups -OCH3 is 2. The van der Waals surface area contributed by atoms with Gasteiger partial charge in [0.25, 0.3) is 0 Å². The van der Waals surface area contributed by atoms with E-state index in [-0.39, 0.29) is 13.0 Å². The van der Waals surface area contributed by atoms with Crippen molar-refractivity contribution in [3.05, 3.63) is 42.5 Å². The molecule has 1 rings (SSSR count). The molecule has 0 heterocycles. The van der Waals surface area contributed by atoms with E-state index in [9.17, 15) is 9.59 Å². The maximum Gasteiger partial charge on any atom is 0.340 e. The van der Waals surface area contributed by atoms with Gasteiger partial charge in [0.2, 0.25) is 0 Å². The zero-order valence-electron chi connectivity index (χ0n) is 13.6. The molecule has 0 N–H and O–H groups in total. The minimum absolute atomic E-state index is 0.000665. The zero-order valence-corrected chi connectivity index (χ0v) is 13.6. The molecule has 23 heavy (non-hydrogen) atoms. The lowest BCUT2D eigenvalue weighted by Crippen LogP contribution is -2.34. The van der Waals surface area contributed by atoms with Crippen molar-refractivity contribution >= 4 is 11.9 Å². The molecular weight excluding hydrogens is 300 g/mol. The van der Waals surface area contributed by atoms with Crippen molar-refractivity contribution in [3.63, 3.8) is 0 Å². The summed E-state index contributed by atoms with van der Waals surface area (Å²) in [4.78, 5) is 23.5. The van der Waals surface area contributed by atoms with Gasteiger partial charge in [-0.15, -0.1) is 0 Å². The van der Waals surface area contributed by atoms with E-state index in [0.29, 0.717) is 11.3 Å². The number of esters is 2. The number of ether oxygens (including phenoxy) is 4. The molecule has 6 heteroatoms. The highest BCUT2D eigenvalue weighted by Crippen LogP contribution is 2.13. The normalized spacial score (nSPS) is 13.0. The first kappa shape index (κ1) is 18.9. The van der Waals surface area contributed by atoms with Gasteiger partial charge in [-0.2, -0.15) is 0 Å². The Morgan fingerprint density at radius 3 is 2.30 bits per heavy atom. The smallest absolute Gasteiger partial charge is 0.340 e. The van der Waals surface area contributed by atoms with E-state index in [0.717, 1.165) is 0 Å². The van der Waals surface area contributed by atoms with E-state index in [1.165, 1.54) is 14.2 Å². The molecule has 0 amide bonds. The third kappa shape index (κ3) is 6.63. The summed E-state index contributed by atoms with van der Waals surface area (Å²) >= 11 is 0. The van der Waals surface area contributed by atoms with Crippen LogP contribution in [0.3, 0.4) is 0 Å². The highest BCUT2D eigenvalue weighted by molar-refractivity contribution is 5.86. The Labute approximate surface area is 136 Å². The van der Waals surface area contributed by atoms with Crippen LogP contribution in [0.25, 0.3) is 0 Å². The second kappa shape index (κ2) is 9.76. The van der Waals surface area contributed by atoms with Gasteiger partial charge >= 0.3 is 11.9 Å². The van der Waals surface area contributed by atoms with E-state index in [1.54, 1.807) is 31.2 Å². The van der Waals surface area contributed by atoms with Crippen molar-refractivity contribution in [1.82, 2.24) is 0 Å². The number of benzene rings is 1. The fourth-order valence-corrected chi connectivity index (χ4v) is 1.72. The average molecular weight is 322 g/mol. The van der Waals surface area contributed by atoms with E-state index in [2.05, 4.69) is 6.58 Å². The molecule has 0 bridgehead atoms. The topological polar surface area (TPSA) is 71.1 Å². The molecule has 0 aliphatic heterocycles. The summed E-state index contributed by atoms with van der Waals surface area (Å²) < 4.78 is 20.6. The monoisotopic (exact) mass is 322 g/mol. The maximum absolute atomic E-state index is 12.1. The minimum atomic E-state index is -0.830. The number of carbonyl (C=O) groups excluding carboxylic acids is 2. The van der Waals surface area contributed by atoms with Crippen LogP contribution < -0.4 is 4.74 Å². The number of para-hydroxylation sites is 1. The second-order valence-corrected chi connectivity index (χ2v) is 4.93. The molecule has 0 spiro atoms. The third-order valence-corrected chi connectivity index (χ3v) is 3.07. The van der Waals surface area contributed by atoms with Crippen molar-refractivity contribution in [3.8, 4) is 5.75 Å². The van der Waals surface area contributed by atoms with E-state index >= 15 is 0 Å². The van der Waals surface area contributed by atoms with Crippen molar-refractivity contribution in [2.75, 3.05) is 20.8 Å². The van der Waals surface area contributed by atoms with Crippen LogP contribution >= 0.6 is 0 Å². The van der Waals surface area contributed by atoms with Gasteiger partial charge in [-0.1, -0.05) is 24.8 Å². The number of carbonyl (C=O) groups is 2. The first-order valence-electron chi connectivity index (χ1n) is 7.12. The molecule has 0 radical (unpaired) electrons. The summed E-state index contributed by atoms with van der Waals surface area (Å²) in [5, 5.41) is 0. The van der Waals surface area contributed by atoms with Crippen molar-refractivity contribution in [2.24, 2.45) is 0 Å². The summed E-state index contributed by atoms with van der Waals surface area (Å²) in [6, 6.07) is 8.70. The maximum atomic E-state index is 12.1. The Bertz CT molecular complexity index is 525. The molecule has 1 aromatic rings. The lowest BCUT2D eigenvalue weighted by molar-refractivity contribution is -0.150. The second-order valence-electron chi connectivity index (χ2n) is 4.93. The fourth-order valence-electron chi connectivity index (χ4n) is 1.72. The van der Waals surface area contributed by atoms with Crippen LogP contribution in [0, 0.1) is 0 Å². The predicted molar refractivity (Wildman–Crippen MR) is 84.1 cm³/mol. The van der Waals surface area contributed by atoms with Crippen molar-refractivity contribution in [1.29, 1.82) is 0 Å². The summed E-state index contributed by atoms with van der Waals surface area (Å²) in [6.45, 7) is 5.05. The van der Waals surface area contributed by atoms with Crippen molar-refractivity contribution < 1.29 is 28.5 Å². The average Bonchev–Trinajstić information content (AvgIpc) is 2.55. The van der Waals surface area contributed by atoms with Gasteiger partial charge in [0.05, 0.1) is 6.10 Å². The Balaban J connectivity index is 2.56. The predicted octanol–water partition coefficient (Wildman–Crippen LogP) is 2.13. The molecule has 0 saturated carbocycles. The highest BCUT2D eigenvalue weighted by Gasteiger charge is 2.25. The Hall–Kier alpha value is -2.18. The molecule has 1 aromatic carbocycles. The lowest BCUT2D eigenvalue weighted by atomic mass is 10.1. The van der Waals surface area contributed by atoms with Gasteiger partial charge < -0.3 is 18.9 Å². The molecular formula is C17H22O6. The number of hydrogen-bond donors (Lipinski definition) is 0. The van der Waals surface area contributed by atoms with Gasteiger partial charge in [0.15, 0.2) is 6.10 Å². The van der Waals surface area contributed by atoms with Gasteiger partial charge in [-0.05, 0) is 19.1 Å². The molecule has 6 nitrogen and oxygen atoms in total. The first-order valence-corrected chi connectivity index (χ1v) is 7.12. The van der Waals surface area contributed by atoms with Crippen LogP contribution in [-0.4, -0.2) is 45.0 Å². The van der Waals surface area contributed by atoms with E-state index in [4.69, 9.17) is 18.9 Å². The standard InChI is InChI=1S/C17H22O6/c1-12(2)16(18)22-11-14(20-3)10-15(21-4)17(19)23-13-8-6-5-7-9-13/h5-9,14-15H,1,10-11H2,2-4H3. The molecule has 0 aliphatic carbocycles. The van der Waals surface area contributed by atoms with E-state index < -0.39 is 24.1 Å². The minimum Gasteiger partial charge on any atom is -0.460 e. The van der Waals surface area contributed by atoms with Gasteiger partial charge in [0.1, 0.15) is 12.4 Å². The van der Waals surface area contributed by atoms with Crippen LogP contribution in [0.2, 0.25) is 0 Å². The van der Waals surface area contributed by atoms with Gasteiger partial charge in [-0.25, -0.2) is 9.59 Å². The molecule has 0 saturated heterocycles. The van der Waals surface area contributed by atoms with Crippen LogP contribution in [0.1, 0.15) is 13.3 Å². The Kier molecular flexibility index (Phi) is 8.01. The van der Waals surface area contributed by atoms with Gasteiger partial charge in [0, 0.05) is 26.2 Å². The summed E-state index contributed by atoms with van der Waals surface area (Å²) in [5.41, 5.74) is 0.298. The number of rotatable bonds is 9. The molecule has 0 fully saturated rings. The largest absolute Gasteiger partial charge is 0.460 e. The Morgan fingerprint density at radius 1 is 1.13 bits per heavy atom. The molecule has 0 aromatic heterocycles. The van der Waals surface area contributed by atoms with Crippen LogP contribution in [0.4, 0.5) is 0 Å². The lowest BCUT2D eigenvalue weighted by Gasteiger charge is -2.20. The summed E-state index contributed by atoms with van der Waals surface area (Å²) in [7, 11) is 2.87. The first-order chi connectivity index (χ1) is 11.0. The fraction of sp³-hybridized carbons (Fsp3) is 0.412. The summed E-state index contributed by atoms with van der Waals surface area (Å²) in [5.74, 6) is -0.609. The van der Waals surface area contributed by atoms with E-state index in [1.807, 2.05) is 6.07 Å². The molecule has 126 valence electrons. The van der Waals surface area contributed by atoms with Crippen LogP contribution in [0.15, 0.2) is 42.5 Å². The number of hydrogen-bond acceptors (Lipinski definition) is 6. The zero-order chi connectivity index (χ0) is 17.2. The molecule has 2 atom stereocenters. The van der Waals surface area contributed by atoms with Crippen LogP contribution in [0.5, 0.6) is 5.75 Å². The molecule has 2 unspecified atom stereocenters. The quantitative estimate of drug-likeness (QED) is 0.394. The third-order valence-electron chi connectivity index (χ3n) is 3.07. The van der Waals surface area contributed by atoms with Crippen molar-refractivity contribution in [2.45, 2.75) is 25.6 Å². The van der Waals surface area contributed by atoms with Crippen LogP contribution in [-0.2, 0) is 23.8 Å². The summed E-state index contributed by atoms with van der Waals surface area (Å²) in [6.07, 6.45) is -1.13. The molecule has 0 aliphatic rings. The van der Waals surface area contributed by atoms with Gasteiger partial charge in [-0.3, -0.25) is 0 Å². The Morgan fingerprint density at radius 2 is 1.78 bits per heavy atom. The SMILES string of the molecule is C=C(C)C(=O)OCC(CC(OC)C(=O)Oc1ccccc1)OC. The highest BCUT2D eigenvalue weighted by atomic mass is 16.6.